The molecule has 1 atom stereocenters. The first-order chi connectivity index (χ1) is 15.3. The number of anilines is 1. The Hall–Kier alpha value is -2.01. The SMILES string of the molecule is CCOP(=O)(OCC)C(Nc1ccc(OC)cc1)c1cc(C(C)(C)C)c(O)c(C(C)(C)C)c1. The van der Waals surface area contributed by atoms with Gasteiger partial charge in [0, 0.05) is 5.69 Å². The maximum absolute atomic E-state index is 14.1. The fourth-order valence-electron chi connectivity index (χ4n) is 3.69. The molecule has 0 heterocycles. The average Bonchev–Trinajstić information content (AvgIpc) is 2.71. The summed E-state index contributed by atoms with van der Waals surface area (Å²) in [6.45, 7) is 16.4. The molecule has 7 heteroatoms. The maximum Gasteiger partial charge on any atom is 0.357 e. The van der Waals surface area contributed by atoms with E-state index in [1.165, 1.54) is 0 Å². The van der Waals surface area contributed by atoms with Crippen LogP contribution in [0.4, 0.5) is 5.69 Å². The van der Waals surface area contributed by atoms with Crippen molar-refractivity contribution in [3.05, 3.63) is 53.1 Å². The molecule has 2 N–H and O–H groups in total. The van der Waals surface area contributed by atoms with E-state index in [0.717, 1.165) is 28.1 Å². The fourth-order valence-corrected chi connectivity index (χ4v) is 5.61. The number of hydrogen-bond acceptors (Lipinski definition) is 6. The Morgan fingerprint density at radius 3 is 1.73 bits per heavy atom. The quantitative estimate of drug-likeness (QED) is 0.367. The van der Waals surface area contributed by atoms with Gasteiger partial charge in [-0.25, -0.2) is 0 Å². The van der Waals surface area contributed by atoms with Crippen LogP contribution in [-0.2, 0) is 24.4 Å². The van der Waals surface area contributed by atoms with Gasteiger partial charge in [0.05, 0.1) is 20.3 Å². The van der Waals surface area contributed by atoms with Crippen LogP contribution >= 0.6 is 7.60 Å². The number of benzene rings is 2. The van der Waals surface area contributed by atoms with Gasteiger partial charge in [-0.05, 0) is 77.8 Å². The number of ether oxygens (including phenoxy) is 1. The maximum atomic E-state index is 14.1. The van der Waals surface area contributed by atoms with Crippen LogP contribution in [0.25, 0.3) is 0 Å². The standard InChI is InChI=1S/C26H40NO5P/c1-10-31-33(29,32-11-2)24(27-19-12-14-20(30-9)15-13-19)18-16-21(25(3,4)5)23(28)22(17-18)26(6,7)8/h12-17,24,27-28H,10-11H2,1-9H3. The molecule has 0 bridgehead atoms. The molecule has 0 saturated carbocycles. The van der Waals surface area contributed by atoms with E-state index in [-0.39, 0.29) is 29.8 Å². The largest absolute Gasteiger partial charge is 0.507 e. The molecule has 2 aromatic carbocycles. The van der Waals surface area contributed by atoms with Gasteiger partial charge in [0.15, 0.2) is 5.78 Å². The Balaban J connectivity index is 2.77. The zero-order valence-electron chi connectivity index (χ0n) is 21.5. The molecule has 1 unspecified atom stereocenters. The highest BCUT2D eigenvalue weighted by atomic mass is 31.2. The Morgan fingerprint density at radius 2 is 1.36 bits per heavy atom. The Bertz CT molecular complexity index is 929. The normalized spacial score (nSPS) is 13.6. The molecule has 184 valence electrons. The number of hydrogen-bond donors (Lipinski definition) is 2. The van der Waals surface area contributed by atoms with Crippen molar-refractivity contribution in [3.8, 4) is 11.5 Å². The molecule has 2 aromatic rings. The van der Waals surface area contributed by atoms with E-state index in [2.05, 4.69) is 46.9 Å². The van der Waals surface area contributed by atoms with Gasteiger partial charge >= 0.3 is 7.60 Å². The van der Waals surface area contributed by atoms with Crippen LogP contribution in [0, 0.1) is 0 Å². The summed E-state index contributed by atoms with van der Waals surface area (Å²) in [6, 6.07) is 11.2. The van der Waals surface area contributed by atoms with Gasteiger partial charge in [-0.3, -0.25) is 4.57 Å². The monoisotopic (exact) mass is 477 g/mol. The van der Waals surface area contributed by atoms with Crippen molar-refractivity contribution in [2.24, 2.45) is 0 Å². The van der Waals surface area contributed by atoms with Crippen molar-refractivity contribution in [1.82, 2.24) is 0 Å². The summed E-state index contributed by atoms with van der Waals surface area (Å²) >= 11 is 0. The molecular weight excluding hydrogens is 437 g/mol. The Labute approximate surface area is 199 Å². The van der Waals surface area contributed by atoms with Gasteiger partial charge in [-0.15, -0.1) is 0 Å². The lowest BCUT2D eigenvalue weighted by Gasteiger charge is -2.32. The van der Waals surface area contributed by atoms with Crippen LogP contribution in [-0.4, -0.2) is 25.4 Å². The van der Waals surface area contributed by atoms with Gasteiger partial charge in [0.25, 0.3) is 0 Å². The van der Waals surface area contributed by atoms with Gasteiger partial charge in [0.1, 0.15) is 11.5 Å². The van der Waals surface area contributed by atoms with Crippen molar-refractivity contribution in [2.75, 3.05) is 25.6 Å². The minimum Gasteiger partial charge on any atom is -0.507 e. The van der Waals surface area contributed by atoms with Crippen LogP contribution in [0.5, 0.6) is 11.5 Å². The summed E-state index contributed by atoms with van der Waals surface area (Å²) < 4.78 is 30.9. The van der Waals surface area contributed by atoms with Gasteiger partial charge in [0.2, 0.25) is 0 Å². The summed E-state index contributed by atoms with van der Waals surface area (Å²) in [7, 11) is -2.01. The lowest BCUT2D eigenvalue weighted by molar-refractivity contribution is 0.214. The second-order valence-electron chi connectivity index (χ2n) is 10.1. The predicted octanol–water partition coefficient (Wildman–Crippen LogP) is 7.37. The third-order valence-corrected chi connectivity index (χ3v) is 7.69. The van der Waals surface area contributed by atoms with Crippen molar-refractivity contribution >= 4 is 13.3 Å². The lowest BCUT2D eigenvalue weighted by atomic mass is 9.78. The van der Waals surface area contributed by atoms with Crippen molar-refractivity contribution in [1.29, 1.82) is 0 Å². The highest BCUT2D eigenvalue weighted by Gasteiger charge is 2.39. The number of aromatic hydroxyl groups is 1. The minimum absolute atomic E-state index is 0.244. The lowest BCUT2D eigenvalue weighted by Crippen LogP contribution is -2.21. The topological polar surface area (TPSA) is 77.0 Å². The van der Waals surface area contributed by atoms with E-state index in [1.54, 1.807) is 21.0 Å². The van der Waals surface area contributed by atoms with Crippen LogP contribution in [0.1, 0.15) is 77.9 Å². The van der Waals surface area contributed by atoms with Crippen LogP contribution in [0.3, 0.4) is 0 Å². The molecule has 0 aliphatic rings. The van der Waals surface area contributed by atoms with E-state index >= 15 is 0 Å². The summed E-state index contributed by atoms with van der Waals surface area (Å²) in [6.07, 6.45) is 0. The molecular formula is C26H40NO5P. The van der Waals surface area contributed by atoms with Crippen LogP contribution < -0.4 is 10.1 Å². The highest BCUT2D eigenvalue weighted by molar-refractivity contribution is 7.54. The zero-order valence-corrected chi connectivity index (χ0v) is 22.4. The van der Waals surface area contributed by atoms with Crippen LogP contribution in [0.15, 0.2) is 36.4 Å². The highest BCUT2D eigenvalue weighted by Crippen LogP contribution is 2.61. The van der Waals surface area contributed by atoms with E-state index in [4.69, 9.17) is 13.8 Å². The van der Waals surface area contributed by atoms with Crippen molar-refractivity contribution in [3.63, 3.8) is 0 Å². The first kappa shape index (κ1) is 27.2. The molecule has 2 rings (SSSR count). The molecule has 0 fully saturated rings. The molecule has 0 amide bonds. The first-order valence-corrected chi connectivity index (χ1v) is 13.0. The molecule has 6 nitrogen and oxygen atoms in total. The molecule has 0 saturated heterocycles. The first-order valence-electron chi connectivity index (χ1n) is 11.4. The van der Waals surface area contributed by atoms with Crippen molar-refractivity contribution < 1.29 is 23.5 Å². The molecule has 0 radical (unpaired) electrons. The summed E-state index contributed by atoms with van der Waals surface area (Å²) in [5, 5.41) is 14.5. The van der Waals surface area contributed by atoms with Crippen LogP contribution in [0.2, 0.25) is 0 Å². The third-order valence-electron chi connectivity index (χ3n) is 5.39. The Kier molecular flexibility index (Phi) is 8.67. The summed E-state index contributed by atoms with van der Waals surface area (Å²) in [5.74, 6) is 0.225. The summed E-state index contributed by atoms with van der Waals surface area (Å²) in [5.41, 5.74) is 2.40. The number of phenolic OH excluding ortho intramolecular Hbond substituents is 1. The minimum atomic E-state index is -3.62. The fraction of sp³-hybridized carbons (Fsp3) is 0.538. The molecule has 0 spiro atoms. The zero-order chi connectivity index (χ0) is 25.0. The van der Waals surface area contributed by atoms with E-state index in [1.807, 2.05) is 36.4 Å². The number of nitrogens with one attached hydrogen (secondary N) is 1. The smallest absolute Gasteiger partial charge is 0.357 e. The average molecular weight is 478 g/mol. The van der Waals surface area contributed by atoms with E-state index in [0.29, 0.717) is 0 Å². The molecule has 0 aromatic heterocycles. The second kappa shape index (κ2) is 10.5. The van der Waals surface area contributed by atoms with E-state index < -0.39 is 13.4 Å². The van der Waals surface area contributed by atoms with Crippen molar-refractivity contribution in [2.45, 2.75) is 72.0 Å². The van der Waals surface area contributed by atoms with Gasteiger partial charge in [-0.2, -0.15) is 0 Å². The van der Waals surface area contributed by atoms with Gasteiger partial charge in [-0.1, -0.05) is 41.5 Å². The number of phenols is 1. The molecule has 0 aliphatic heterocycles. The number of rotatable bonds is 9. The van der Waals surface area contributed by atoms with E-state index in [9.17, 15) is 9.67 Å². The number of methoxy groups -OCH3 is 1. The molecule has 33 heavy (non-hydrogen) atoms. The second-order valence-corrected chi connectivity index (χ2v) is 12.2. The molecule has 0 aliphatic carbocycles. The summed E-state index contributed by atoms with van der Waals surface area (Å²) in [4.78, 5) is 0. The predicted molar refractivity (Wildman–Crippen MR) is 136 cm³/mol. The van der Waals surface area contributed by atoms with Gasteiger partial charge < -0.3 is 24.2 Å². The third kappa shape index (κ3) is 6.53. The Morgan fingerprint density at radius 1 is 0.909 bits per heavy atom.